The number of aryl methyl sites for hydroxylation is 2. The van der Waals surface area contributed by atoms with Crippen LogP contribution in [0.5, 0.6) is 0 Å². The van der Waals surface area contributed by atoms with Crippen LogP contribution in [0.4, 0.5) is 8.78 Å². The second kappa shape index (κ2) is 5.91. The minimum atomic E-state index is -0.918. The summed E-state index contributed by atoms with van der Waals surface area (Å²) < 4.78 is 29.3. The molecule has 7 heteroatoms. The van der Waals surface area contributed by atoms with Crippen LogP contribution in [0, 0.1) is 18.6 Å². The molecule has 0 amide bonds. The van der Waals surface area contributed by atoms with E-state index in [9.17, 15) is 8.78 Å². The zero-order valence-electron chi connectivity index (χ0n) is 10.9. The van der Waals surface area contributed by atoms with Gasteiger partial charge in [0.1, 0.15) is 0 Å². The Balaban J connectivity index is 2.33. The molecule has 0 saturated heterocycles. The Bertz CT molecular complexity index is 656. The fourth-order valence-electron chi connectivity index (χ4n) is 2.05. The molecule has 0 aliphatic rings. The van der Waals surface area contributed by atoms with Gasteiger partial charge >= 0.3 is 0 Å². The average molecular weight is 409 g/mol. The molecule has 1 aromatic heterocycles. The van der Waals surface area contributed by atoms with Crippen LogP contribution in [-0.2, 0) is 13.5 Å². The second-order valence-electron chi connectivity index (χ2n) is 4.54. The predicted octanol–water partition coefficient (Wildman–Crippen LogP) is 3.77. The van der Waals surface area contributed by atoms with Crippen LogP contribution >= 0.6 is 31.9 Å². The van der Waals surface area contributed by atoms with Gasteiger partial charge in [0.15, 0.2) is 11.6 Å². The van der Waals surface area contributed by atoms with E-state index in [2.05, 4.69) is 37.0 Å². The number of aromatic nitrogens is 2. The molecule has 1 aromatic carbocycles. The summed E-state index contributed by atoms with van der Waals surface area (Å²) in [5.41, 5.74) is 8.40. The van der Waals surface area contributed by atoms with Crippen molar-refractivity contribution in [2.24, 2.45) is 12.8 Å². The van der Waals surface area contributed by atoms with E-state index in [0.717, 1.165) is 21.9 Å². The molecule has 1 atom stereocenters. The summed E-state index contributed by atoms with van der Waals surface area (Å²) in [5.74, 6) is -1.82. The van der Waals surface area contributed by atoms with Crippen molar-refractivity contribution >= 4 is 31.9 Å². The monoisotopic (exact) mass is 407 g/mol. The molecule has 20 heavy (non-hydrogen) atoms. The average Bonchev–Trinajstić information content (AvgIpc) is 2.62. The Morgan fingerprint density at radius 2 is 1.95 bits per heavy atom. The van der Waals surface area contributed by atoms with Gasteiger partial charge in [-0.15, -0.1) is 0 Å². The van der Waals surface area contributed by atoms with Gasteiger partial charge in [0, 0.05) is 19.5 Å². The lowest BCUT2D eigenvalue weighted by Gasteiger charge is -2.15. The second-order valence-corrected chi connectivity index (χ2v) is 6.13. The highest BCUT2D eigenvalue weighted by Crippen LogP contribution is 2.30. The molecular formula is C13H13Br2F2N3. The summed E-state index contributed by atoms with van der Waals surface area (Å²) in [4.78, 5) is 0. The largest absolute Gasteiger partial charge is 0.324 e. The maximum atomic E-state index is 13.5. The van der Waals surface area contributed by atoms with Crippen molar-refractivity contribution in [3.63, 3.8) is 0 Å². The minimum Gasteiger partial charge on any atom is -0.324 e. The van der Waals surface area contributed by atoms with Gasteiger partial charge in [0.05, 0.1) is 20.3 Å². The number of hydrogen-bond donors (Lipinski definition) is 1. The van der Waals surface area contributed by atoms with Crippen molar-refractivity contribution in [2.45, 2.75) is 19.4 Å². The van der Waals surface area contributed by atoms with Crippen LogP contribution in [0.2, 0.25) is 0 Å². The van der Waals surface area contributed by atoms with E-state index >= 15 is 0 Å². The molecule has 0 aliphatic heterocycles. The van der Waals surface area contributed by atoms with Crippen molar-refractivity contribution in [1.29, 1.82) is 0 Å². The molecule has 0 saturated carbocycles. The highest BCUT2D eigenvalue weighted by atomic mass is 79.9. The normalized spacial score (nSPS) is 12.8. The van der Waals surface area contributed by atoms with Crippen LogP contribution < -0.4 is 5.73 Å². The van der Waals surface area contributed by atoms with E-state index in [-0.39, 0.29) is 4.47 Å². The van der Waals surface area contributed by atoms with Gasteiger partial charge in [0.2, 0.25) is 0 Å². The quantitative estimate of drug-likeness (QED) is 0.785. The highest BCUT2D eigenvalue weighted by Gasteiger charge is 2.20. The Kier molecular flexibility index (Phi) is 4.61. The van der Waals surface area contributed by atoms with Crippen LogP contribution in [0.1, 0.15) is 23.0 Å². The van der Waals surface area contributed by atoms with Crippen LogP contribution in [0.25, 0.3) is 0 Å². The topological polar surface area (TPSA) is 43.8 Å². The Morgan fingerprint density at radius 3 is 2.50 bits per heavy atom. The molecule has 3 nitrogen and oxygen atoms in total. The predicted molar refractivity (Wildman–Crippen MR) is 80.3 cm³/mol. The molecule has 0 aliphatic carbocycles. The van der Waals surface area contributed by atoms with Crippen molar-refractivity contribution in [3.8, 4) is 0 Å². The van der Waals surface area contributed by atoms with Gasteiger partial charge < -0.3 is 5.73 Å². The molecule has 2 N–H and O–H groups in total. The van der Waals surface area contributed by atoms with E-state index in [1.807, 2.05) is 14.0 Å². The van der Waals surface area contributed by atoms with E-state index in [1.165, 1.54) is 6.07 Å². The fourth-order valence-corrected chi connectivity index (χ4v) is 3.16. The molecule has 0 radical (unpaired) electrons. The summed E-state index contributed by atoms with van der Waals surface area (Å²) in [6.07, 6.45) is 0.460. The Morgan fingerprint density at radius 1 is 1.30 bits per heavy atom. The third-order valence-corrected chi connectivity index (χ3v) is 4.98. The zero-order chi connectivity index (χ0) is 15.0. The van der Waals surface area contributed by atoms with Gasteiger partial charge in [-0.3, -0.25) is 4.68 Å². The molecule has 2 aromatic rings. The van der Waals surface area contributed by atoms with E-state index in [4.69, 9.17) is 5.73 Å². The van der Waals surface area contributed by atoms with Gasteiger partial charge in [-0.1, -0.05) is 6.07 Å². The molecule has 2 rings (SSSR count). The first-order valence-electron chi connectivity index (χ1n) is 5.89. The minimum absolute atomic E-state index is 0.0695. The first-order chi connectivity index (χ1) is 9.32. The van der Waals surface area contributed by atoms with Crippen LogP contribution in [0.3, 0.4) is 0 Å². The van der Waals surface area contributed by atoms with Crippen LogP contribution in [-0.4, -0.2) is 9.78 Å². The summed E-state index contributed by atoms with van der Waals surface area (Å²) >= 11 is 6.52. The lowest BCUT2D eigenvalue weighted by molar-refractivity contribution is 0.499. The molecule has 0 bridgehead atoms. The molecule has 108 valence electrons. The highest BCUT2D eigenvalue weighted by molar-refractivity contribution is 9.10. The van der Waals surface area contributed by atoms with Crippen molar-refractivity contribution in [2.75, 3.05) is 0 Å². The van der Waals surface area contributed by atoms with Crippen molar-refractivity contribution in [3.05, 3.63) is 49.7 Å². The van der Waals surface area contributed by atoms with Gasteiger partial charge in [-0.2, -0.15) is 5.10 Å². The summed E-state index contributed by atoms with van der Waals surface area (Å²) in [5, 5.41) is 4.28. The number of benzene rings is 1. The Hall–Kier alpha value is -0.790. The maximum Gasteiger partial charge on any atom is 0.173 e. The number of rotatable bonds is 3. The van der Waals surface area contributed by atoms with E-state index in [0.29, 0.717) is 12.0 Å². The summed E-state index contributed by atoms with van der Waals surface area (Å²) in [6.45, 7) is 1.88. The van der Waals surface area contributed by atoms with Gasteiger partial charge in [-0.05, 0) is 50.4 Å². The van der Waals surface area contributed by atoms with Crippen molar-refractivity contribution < 1.29 is 8.78 Å². The molecule has 1 unspecified atom stereocenters. The lowest BCUT2D eigenvalue weighted by Crippen LogP contribution is -2.17. The molecular weight excluding hydrogens is 396 g/mol. The maximum absolute atomic E-state index is 13.5. The molecule has 0 spiro atoms. The summed E-state index contributed by atoms with van der Waals surface area (Å²) in [7, 11) is 1.82. The first-order valence-corrected chi connectivity index (χ1v) is 7.48. The third kappa shape index (κ3) is 2.80. The van der Waals surface area contributed by atoms with Gasteiger partial charge in [-0.25, -0.2) is 8.78 Å². The first kappa shape index (κ1) is 15.6. The van der Waals surface area contributed by atoms with Crippen molar-refractivity contribution in [1.82, 2.24) is 9.78 Å². The third-order valence-electron chi connectivity index (χ3n) is 3.14. The Labute approximate surface area is 132 Å². The van der Waals surface area contributed by atoms with Crippen LogP contribution in [0.15, 0.2) is 21.1 Å². The zero-order valence-corrected chi connectivity index (χ0v) is 14.1. The molecule has 1 heterocycles. The number of halogens is 4. The summed E-state index contributed by atoms with van der Waals surface area (Å²) in [6, 6.07) is 2.11. The fraction of sp³-hybridized carbons (Fsp3) is 0.308. The van der Waals surface area contributed by atoms with E-state index < -0.39 is 17.7 Å². The SMILES string of the molecule is Cc1nn(C)c(CC(N)c2ccc(F)c(F)c2Br)c1Br. The van der Waals surface area contributed by atoms with Gasteiger partial charge in [0.25, 0.3) is 0 Å². The van der Waals surface area contributed by atoms with E-state index in [1.54, 1.807) is 4.68 Å². The number of hydrogen-bond acceptors (Lipinski definition) is 2. The molecule has 0 fully saturated rings. The standard InChI is InChI=1S/C13H13Br2F2N3/c1-6-11(14)10(20(2)19-6)5-9(18)7-3-4-8(16)13(17)12(7)15/h3-4,9H,5,18H2,1-2H3. The number of nitrogens with two attached hydrogens (primary N) is 1. The smallest absolute Gasteiger partial charge is 0.173 e. The lowest BCUT2D eigenvalue weighted by atomic mass is 10.0. The number of nitrogens with zero attached hydrogens (tertiary/aromatic N) is 2.